The molecular weight excluding hydrogens is 284 g/mol. The molecule has 0 aromatic heterocycles. The van der Waals surface area contributed by atoms with Gasteiger partial charge in [-0.2, -0.15) is 0 Å². The standard InChI is InChI=1S/C9H9FINO/c1-13-9(12)4-6-2-3-7(11)5-8(6)10/h2-3,5,12H,4H2,1H3. The van der Waals surface area contributed by atoms with E-state index in [1.54, 1.807) is 6.07 Å². The van der Waals surface area contributed by atoms with Gasteiger partial charge in [0, 0.05) is 3.57 Å². The van der Waals surface area contributed by atoms with Gasteiger partial charge in [-0.05, 0) is 40.3 Å². The first-order valence-electron chi connectivity index (χ1n) is 3.69. The molecule has 0 radical (unpaired) electrons. The summed E-state index contributed by atoms with van der Waals surface area (Å²) >= 11 is 2.04. The maximum atomic E-state index is 13.2. The summed E-state index contributed by atoms with van der Waals surface area (Å²) in [5.74, 6) is -0.214. The predicted octanol–water partition coefficient (Wildman–Crippen LogP) is 2.60. The molecular formula is C9H9FINO. The zero-order valence-corrected chi connectivity index (χ0v) is 9.26. The number of halogens is 2. The summed E-state index contributed by atoms with van der Waals surface area (Å²) in [6.07, 6.45) is 0.208. The lowest BCUT2D eigenvalue weighted by atomic mass is 10.1. The Kier molecular flexibility index (Phi) is 3.65. The van der Waals surface area contributed by atoms with E-state index >= 15 is 0 Å². The van der Waals surface area contributed by atoms with Crippen molar-refractivity contribution >= 4 is 28.5 Å². The van der Waals surface area contributed by atoms with Crippen molar-refractivity contribution in [2.24, 2.45) is 0 Å². The number of benzene rings is 1. The lowest BCUT2D eigenvalue weighted by molar-refractivity contribution is 0.389. The Hall–Kier alpha value is -0.650. The fourth-order valence-corrected chi connectivity index (χ4v) is 1.36. The fraction of sp³-hybridized carbons (Fsp3) is 0.222. The van der Waals surface area contributed by atoms with Crippen LogP contribution in [-0.4, -0.2) is 13.0 Å². The van der Waals surface area contributed by atoms with Crippen LogP contribution in [0.3, 0.4) is 0 Å². The summed E-state index contributed by atoms with van der Waals surface area (Å²) in [4.78, 5) is 0. The fourth-order valence-electron chi connectivity index (χ4n) is 0.910. The molecule has 0 saturated heterocycles. The summed E-state index contributed by atoms with van der Waals surface area (Å²) in [6, 6.07) is 4.92. The summed E-state index contributed by atoms with van der Waals surface area (Å²) in [5.41, 5.74) is 0.493. The molecule has 0 amide bonds. The van der Waals surface area contributed by atoms with Gasteiger partial charge in [-0.3, -0.25) is 5.41 Å². The Morgan fingerprint density at radius 3 is 2.85 bits per heavy atom. The summed E-state index contributed by atoms with van der Waals surface area (Å²) < 4.78 is 18.7. The first-order valence-corrected chi connectivity index (χ1v) is 4.76. The highest BCUT2D eigenvalue weighted by molar-refractivity contribution is 14.1. The number of ether oxygens (including phenoxy) is 1. The molecule has 4 heteroatoms. The molecule has 0 atom stereocenters. The molecule has 1 aromatic rings. The van der Waals surface area contributed by atoms with Gasteiger partial charge in [0.25, 0.3) is 0 Å². The third-order valence-electron chi connectivity index (χ3n) is 1.61. The number of rotatable bonds is 2. The second-order valence-electron chi connectivity index (χ2n) is 2.54. The average molecular weight is 293 g/mol. The third kappa shape index (κ3) is 2.95. The lowest BCUT2D eigenvalue weighted by Gasteiger charge is -2.03. The molecule has 0 fully saturated rings. The van der Waals surface area contributed by atoms with Crippen LogP contribution in [0, 0.1) is 14.8 Å². The second kappa shape index (κ2) is 4.55. The van der Waals surface area contributed by atoms with Crippen molar-refractivity contribution in [3.8, 4) is 0 Å². The van der Waals surface area contributed by atoms with Crippen molar-refractivity contribution in [1.29, 1.82) is 5.41 Å². The summed E-state index contributed by atoms with van der Waals surface area (Å²) in [7, 11) is 1.41. The highest BCUT2D eigenvalue weighted by Gasteiger charge is 2.05. The molecule has 0 aliphatic carbocycles. The molecule has 0 spiro atoms. The normalized spacial score (nSPS) is 9.77. The first kappa shape index (κ1) is 10.4. The predicted molar refractivity (Wildman–Crippen MR) is 57.6 cm³/mol. The molecule has 0 bridgehead atoms. The minimum atomic E-state index is -0.284. The van der Waals surface area contributed by atoms with Gasteiger partial charge in [0.15, 0.2) is 5.90 Å². The van der Waals surface area contributed by atoms with Gasteiger partial charge in [0.2, 0.25) is 0 Å². The van der Waals surface area contributed by atoms with Gasteiger partial charge >= 0.3 is 0 Å². The zero-order valence-electron chi connectivity index (χ0n) is 7.10. The van der Waals surface area contributed by atoms with E-state index in [4.69, 9.17) is 5.41 Å². The second-order valence-corrected chi connectivity index (χ2v) is 3.79. The SMILES string of the molecule is COC(=N)Cc1ccc(I)cc1F. The van der Waals surface area contributed by atoms with Crippen molar-refractivity contribution in [3.63, 3.8) is 0 Å². The van der Waals surface area contributed by atoms with Crippen molar-refractivity contribution in [2.45, 2.75) is 6.42 Å². The Labute approximate surface area is 89.8 Å². The Morgan fingerprint density at radius 2 is 2.31 bits per heavy atom. The van der Waals surface area contributed by atoms with Gasteiger partial charge < -0.3 is 4.74 Å². The van der Waals surface area contributed by atoms with Crippen molar-refractivity contribution < 1.29 is 9.13 Å². The summed E-state index contributed by atoms with van der Waals surface area (Å²) in [5, 5.41) is 7.23. The van der Waals surface area contributed by atoms with Crippen LogP contribution in [0.2, 0.25) is 0 Å². The number of hydrogen-bond donors (Lipinski definition) is 1. The van der Waals surface area contributed by atoms with Gasteiger partial charge in [-0.15, -0.1) is 0 Å². The van der Waals surface area contributed by atoms with Crippen LogP contribution in [0.15, 0.2) is 18.2 Å². The van der Waals surface area contributed by atoms with Gasteiger partial charge in [0.1, 0.15) is 5.82 Å². The molecule has 2 nitrogen and oxygen atoms in total. The molecule has 0 heterocycles. The highest BCUT2D eigenvalue weighted by Crippen LogP contribution is 2.13. The average Bonchev–Trinajstić information content (AvgIpc) is 2.09. The van der Waals surface area contributed by atoms with E-state index in [2.05, 4.69) is 4.74 Å². The molecule has 1 aromatic carbocycles. The molecule has 1 rings (SSSR count). The van der Waals surface area contributed by atoms with Gasteiger partial charge in [-0.25, -0.2) is 4.39 Å². The van der Waals surface area contributed by atoms with Crippen LogP contribution >= 0.6 is 22.6 Å². The lowest BCUT2D eigenvalue weighted by Crippen LogP contribution is -2.05. The molecule has 1 N–H and O–H groups in total. The molecule has 0 unspecified atom stereocenters. The van der Waals surface area contributed by atoms with E-state index in [-0.39, 0.29) is 18.1 Å². The first-order chi connectivity index (χ1) is 6.13. The smallest absolute Gasteiger partial charge is 0.184 e. The quantitative estimate of drug-likeness (QED) is 0.507. The minimum absolute atomic E-state index is 0.0695. The number of methoxy groups -OCH3 is 1. The van der Waals surface area contributed by atoms with Crippen LogP contribution in [-0.2, 0) is 11.2 Å². The van der Waals surface area contributed by atoms with Gasteiger partial charge in [0.05, 0.1) is 13.5 Å². The molecule has 13 heavy (non-hydrogen) atoms. The van der Waals surface area contributed by atoms with E-state index < -0.39 is 0 Å². The monoisotopic (exact) mass is 293 g/mol. The number of hydrogen-bond acceptors (Lipinski definition) is 2. The maximum Gasteiger partial charge on any atom is 0.184 e. The number of nitrogens with one attached hydrogen (secondary N) is 1. The maximum absolute atomic E-state index is 13.2. The topological polar surface area (TPSA) is 33.1 Å². The van der Waals surface area contributed by atoms with E-state index in [1.165, 1.54) is 13.2 Å². The van der Waals surface area contributed by atoms with Crippen LogP contribution in [0.25, 0.3) is 0 Å². The van der Waals surface area contributed by atoms with E-state index in [0.717, 1.165) is 3.57 Å². The molecule has 70 valence electrons. The Bertz CT molecular complexity index is 327. The van der Waals surface area contributed by atoms with Crippen LogP contribution in [0.5, 0.6) is 0 Å². The van der Waals surface area contributed by atoms with E-state index in [1.807, 2.05) is 28.7 Å². The minimum Gasteiger partial charge on any atom is -0.484 e. The van der Waals surface area contributed by atoms with Crippen molar-refractivity contribution in [1.82, 2.24) is 0 Å². The Morgan fingerprint density at radius 1 is 1.62 bits per heavy atom. The van der Waals surface area contributed by atoms with Crippen LogP contribution in [0.4, 0.5) is 4.39 Å². The van der Waals surface area contributed by atoms with Crippen LogP contribution < -0.4 is 0 Å². The largest absolute Gasteiger partial charge is 0.484 e. The van der Waals surface area contributed by atoms with E-state index in [9.17, 15) is 4.39 Å². The van der Waals surface area contributed by atoms with E-state index in [0.29, 0.717) is 5.56 Å². The molecule has 0 aliphatic heterocycles. The highest BCUT2D eigenvalue weighted by atomic mass is 127. The zero-order chi connectivity index (χ0) is 9.84. The van der Waals surface area contributed by atoms with Crippen LogP contribution in [0.1, 0.15) is 5.56 Å². The Balaban J connectivity index is 2.83. The summed E-state index contributed by atoms with van der Waals surface area (Å²) in [6.45, 7) is 0. The van der Waals surface area contributed by atoms with Gasteiger partial charge in [-0.1, -0.05) is 6.07 Å². The third-order valence-corrected chi connectivity index (χ3v) is 2.28. The molecule has 0 aliphatic rings. The van der Waals surface area contributed by atoms with Crippen molar-refractivity contribution in [3.05, 3.63) is 33.1 Å². The van der Waals surface area contributed by atoms with Crippen molar-refractivity contribution in [2.75, 3.05) is 7.11 Å². The molecule has 0 saturated carbocycles.